The minimum atomic E-state index is -1.65. The van der Waals surface area contributed by atoms with Crippen LogP contribution in [0.15, 0.2) is 53.1 Å². The second-order valence-corrected chi connectivity index (χ2v) is 8.32. The molecule has 3 N–H and O–H groups in total. The van der Waals surface area contributed by atoms with Gasteiger partial charge >= 0.3 is 0 Å². The zero-order valence-corrected chi connectivity index (χ0v) is 18.0. The lowest BCUT2D eigenvalue weighted by molar-refractivity contribution is -0.126. The van der Waals surface area contributed by atoms with Gasteiger partial charge in [-0.15, -0.1) is 0 Å². The Hall–Kier alpha value is -3.05. The predicted molar refractivity (Wildman–Crippen MR) is 115 cm³/mol. The summed E-state index contributed by atoms with van der Waals surface area (Å²) in [4.78, 5) is 25.9. The van der Waals surface area contributed by atoms with Crippen LogP contribution in [0, 0.1) is 5.92 Å². The van der Waals surface area contributed by atoms with Crippen molar-refractivity contribution in [1.29, 1.82) is 0 Å². The van der Waals surface area contributed by atoms with Gasteiger partial charge in [0.1, 0.15) is 12.2 Å². The van der Waals surface area contributed by atoms with E-state index in [4.69, 9.17) is 9.84 Å². The molecule has 3 unspecified atom stereocenters. The summed E-state index contributed by atoms with van der Waals surface area (Å²) in [5, 5.41) is 17.6. The lowest BCUT2D eigenvalue weighted by atomic mass is 9.80. The van der Waals surface area contributed by atoms with Crippen molar-refractivity contribution in [3.05, 3.63) is 58.6 Å². The van der Waals surface area contributed by atoms with E-state index in [-0.39, 0.29) is 24.7 Å². The molecule has 1 aromatic rings. The van der Waals surface area contributed by atoms with Crippen LogP contribution in [-0.4, -0.2) is 51.3 Å². The van der Waals surface area contributed by atoms with E-state index in [2.05, 4.69) is 15.8 Å². The molecule has 11 heteroatoms. The molecule has 1 saturated carbocycles. The Balaban J connectivity index is 1.50. The van der Waals surface area contributed by atoms with Gasteiger partial charge in [0.2, 0.25) is 5.91 Å². The molecule has 1 amide bonds. The van der Waals surface area contributed by atoms with Gasteiger partial charge in [0, 0.05) is 18.7 Å². The number of amides is 1. The third-order valence-corrected chi connectivity index (χ3v) is 5.94. The number of β-amino-alcohol motifs (C(OH)–C–C–N with tert-alkyl or cyclic N) is 1. The Morgan fingerprint density at radius 3 is 2.91 bits per heavy atom. The zero-order valence-electron chi connectivity index (χ0n) is 18.0. The van der Waals surface area contributed by atoms with Crippen molar-refractivity contribution in [2.24, 2.45) is 5.92 Å². The highest BCUT2D eigenvalue weighted by atomic mass is 19.1. The molecule has 3 atom stereocenters. The monoisotopic (exact) mass is 463 g/mol. The number of halogens is 2. The summed E-state index contributed by atoms with van der Waals surface area (Å²) in [6.07, 6.45) is 8.45. The maximum atomic E-state index is 14.0. The number of carbonyl (C=O) groups is 1. The van der Waals surface area contributed by atoms with Crippen LogP contribution >= 0.6 is 0 Å². The molecule has 4 rings (SSSR count). The number of nitrogens with one attached hydrogen (secondary N) is 2. The normalized spacial score (nSPS) is 23.5. The molecule has 1 fully saturated rings. The SMILES string of the molecule is O=C(NC1C=CN(CCO)N1)C(CC1CCC1)n1ncc(OC2=C(F)C=CCC2F)cc1=O. The highest BCUT2D eigenvalue weighted by molar-refractivity contribution is 5.80. The average molecular weight is 463 g/mol. The van der Waals surface area contributed by atoms with Crippen LogP contribution < -0.4 is 21.0 Å². The van der Waals surface area contributed by atoms with Crippen molar-refractivity contribution in [1.82, 2.24) is 25.5 Å². The first-order chi connectivity index (χ1) is 15.9. The fourth-order valence-corrected chi connectivity index (χ4v) is 3.95. The molecule has 3 aliphatic rings. The maximum absolute atomic E-state index is 14.0. The first-order valence-electron chi connectivity index (χ1n) is 11.0. The first kappa shape index (κ1) is 23.1. The number of carbonyl (C=O) groups excluding carboxylic acids is 1. The highest BCUT2D eigenvalue weighted by Crippen LogP contribution is 2.33. The van der Waals surface area contributed by atoms with Crippen LogP contribution in [-0.2, 0) is 4.79 Å². The molecule has 2 aliphatic carbocycles. The largest absolute Gasteiger partial charge is 0.454 e. The summed E-state index contributed by atoms with van der Waals surface area (Å²) >= 11 is 0. The van der Waals surface area contributed by atoms with Crippen LogP contribution in [0.3, 0.4) is 0 Å². The summed E-state index contributed by atoms with van der Waals surface area (Å²) in [6.45, 7) is 0.319. The minimum absolute atomic E-state index is 0.0176. The first-order valence-corrected chi connectivity index (χ1v) is 11.0. The fourth-order valence-electron chi connectivity index (χ4n) is 3.95. The number of aromatic nitrogens is 2. The molecule has 178 valence electrons. The maximum Gasteiger partial charge on any atom is 0.271 e. The van der Waals surface area contributed by atoms with E-state index in [0.29, 0.717) is 18.9 Å². The van der Waals surface area contributed by atoms with Gasteiger partial charge in [-0.05, 0) is 24.5 Å². The van der Waals surface area contributed by atoms with Gasteiger partial charge in [0.05, 0.1) is 19.3 Å². The molecule has 2 heterocycles. The van der Waals surface area contributed by atoms with Gasteiger partial charge in [-0.2, -0.15) is 5.10 Å². The number of aliphatic hydroxyl groups excluding tert-OH is 1. The van der Waals surface area contributed by atoms with Gasteiger partial charge in [-0.3, -0.25) is 9.59 Å². The number of hydrogen-bond acceptors (Lipinski definition) is 7. The van der Waals surface area contributed by atoms with E-state index in [1.54, 1.807) is 17.3 Å². The number of hydrazine groups is 1. The van der Waals surface area contributed by atoms with E-state index < -0.39 is 35.5 Å². The van der Waals surface area contributed by atoms with Gasteiger partial charge in [-0.1, -0.05) is 25.3 Å². The second-order valence-electron chi connectivity index (χ2n) is 8.32. The second kappa shape index (κ2) is 10.3. The standard InChI is InChI=1S/C22H27F2N5O4/c23-16-5-2-6-17(24)21(16)33-15-12-20(31)29(25-13-15)18(11-14-3-1-4-14)22(32)26-19-7-8-28(27-19)9-10-30/h2,5,7-8,12-14,17-19,27,30H,1,3-4,6,9-11H2,(H,26,32). The Bertz CT molecular complexity index is 1020. The number of ether oxygens (including phenoxy) is 1. The van der Waals surface area contributed by atoms with E-state index >= 15 is 0 Å². The molecule has 9 nitrogen and oxygen atoms in total. The molecule has 0 spiro atoms. The summed E-state index contributed by atoms with van der Waals surface area (Å²) < 4.78 is 34.3. The van der Waals surface area contributed by atoms with E-state index in [1.165, 1.54) is 12.3 Å². The van der Waals surface area contributed by atoms with Crippen LogP contribution in [0.5, 0.6) is 5.75 Å². The zero-order chi connectivity index (χ0) is 23.4. The Morgan fingerprint density at radius 2 is 2.24 bits per heavy atom. The molecule has 0 aromatic carbocycles. The van der Waals surface area contributed by atoms with Gasteiger partial charge < -0.3 is 20.2 Å². The Morgan fingerprint density at radius 1 is 1.42 bits per heavy atom. The summed E-state index contributed by atoms with van der Waals surface area (Å²) in [7, 11) is 0. The molecular formula is C22H27F2N5O4. The fraction of sp³-hybridized carbons (Fsp3) is 0.500. The van der Waals surface area contributed by atoms with E-state index in [1.807, 2.05) is 0 Å². The predicted octanol–water partition coefficient (Wildman–Crippen LogP) is 1.60. The Labute approximate surface area is 189 Å². The van der Waals surface area contributed by atoms with Crippen LogP contribution in [0.1, 0.15) is 38.1 Å². The quantitative estimate of drug-likeness (QED) is 0.511. The average Bonchev–Trinajstić information content (AvgIpc) is 3.18. The Kier molecular flexibility index (Phi) is 7.19. The van der Waals surface area contributed by atoms with Crippen molar-refractivity contribution in [2.45, 2.75) is 50.5 Å². The van der Waals surface area contributed by atoms with Gasteiger partial charge in [-0.25, -0.2) is 18.9 Å². The van der Waals surface area contributed by atoms with Gasteiger partial charge in [0.25, 0.3) is 5.56 Å². The van der Waals surface area contributed by atoms with Crippen molar-refractivity contribution >= 4 is 5.91 Å². The lowest BCUT2D eigenvalue weighted by Crippen LogP contribution is -2.50. The number of aliphatic hydroxyl groups is 1. The molecule has 1 aliphatic heterocycles. The third kappa shape index (κ3) is 5.48. The molecule has 33 heavy (non-hydrogen) atoms. The topological polar surface area (TPSA) is 109 Å². The molecule has 0 radical (unpaired) electrons. The van der Waals surface area contributed by atoms with Crippen LogP contribution in [0.4, 0.5) is 8.78 Å². The molecule has 0 bridgehead atoms. The van der Waals surface area contributed by atoms with Crippen LogP contribution in [0.2, 0.25) is 0 Å². The molecule has 0 saturated heterocycles. The third-order valence-electron chi connectivity index (χ3n) is 5.94. The van der Waals surface area contributed by atoms with Crippen molar-refractivity contribution in [2.75, 3.05) is 13.2 Å². The number of rotatable bonds is 9. The molecule has 1 aromatic heterocycles. The number of alkyl halides is 1. The smallest absolute Gasteiger partial charge is 0.271 e. The highest BCUT2D eigenvalue weighted by Gasteiger charge is 2.31. The van der Waals surface area contributed by atoms with E-state index in [9.17, 15) is 18.4 Å². The number of allylic oxidation sites excluding steroid dienone is 4. The van der Waals surface area contributed by atoms with Crippen molar-refractivity contribution in [3.8, 4) is 5.75 Å². The lowest BCUT2D eigenvalue weighted by Gasteiger charge is -2.30. The summed E-state index contributed by atoms with van der Waals surface area (Å²) in [5.41, 5.74) is 2.40. The van der Waals surface area contributed by atoms with Crippen molar-refractivity contribution in [3.63, 3.8) is 0 Å². The number of hydrogen-bond donors (Lipinski definition) is 3. The van der Waals surface area contributed by atoms with E-state index in [0.717, 1.165) is 36.1 Å². The summed E-state index contributed by atoms with van der Waals surface area (Å²) in [6, 6.07) is 0.234. The minimum Gasteiger partial charge on any atom is -0.454 e. The van der Waals surface area contributed by atoms with Crippen LogP contribution in [0.25, 0.3) is 0 Å². The van der Waals surface area contributed by atoms with Crippen molar-refractivity contribution < 1.29 is 23.4 Å². The number of nitrogens with zero attached hydrogens (tertiary/aromatic N) is 3. The molecular weight excluding hydrogens is 436 g/mol. The summed E-state index contributed by atoms with van der Waals surface area (Å²) in [5.74, 6) is -1.50. The van der Waals surface area contributed by atoms with Gasteiger partial charge in [0.15, 0.2) is 23.5 Å².